The Morgan fingerprint density at radius 3 is 2.75 bits per heavy atom. The molecule has 1 aliphatic heterocycles. The van der Waals surface area contributed by atoms with E-state index in [0.717, 1.165) is 54.3 Å². The molecule has 6 heterocycles. The second-order valence-electron chi connectivity index (χ2n) is 11.5. The van der Waals surface area contributed by atoms with Crippen molar-refractivity contribution in [3.05, 3.63) is 73.1 Å². The number of aromatic amines is 1. The number of piperidine rings is 1. The summed E-state index contributed by atoms with van der Waals surface area (Å²) in [5.74, 6) is -0.0137. The number of nitriles is 1. The minimum Gasteiger partial charge on any atom is -0.474 e. The zero-order valence-electron chi connectivity index (χ0n) is 23.7. The first-order valence-corrected chi connectivity index (χ1v) is 14.4. The number of nitrogens with one attached hydrogen (secondary N) is 1. The highest BCUT2D eigenvalue weighted by atomic mass is 19.4. The van der Waals surface area contributed by atoms with E-state index in [9.17, 15) is 18.4 Å². The molecule has 5 aromatic rings. The van der Waals surface area contributed by atoms with Crippen LogP contribution in [0.1, 0.15) is 43.4 Å². The van der Waals surface area contributed by atoms with E-state index in [1.54, 1.807) is 35.6 Å². The molecule has 0 unspecified atom stereocenters. The minimum atomic E-state index is -4.58. The predicted octanol–water partition coefficient (Wildman–Crippen LogP) is 4.79. The van der Waals surface area contributed by atoms with Gasteiger partial charge in [0.05, 0.1) is 36.2 Å². The number of imidazole rings is 1. The number of nitrogens with zero attached hydrogens (tertiary/aromatic N) is 9. The highest BCUT2D eigenvalue weighted by Gasteiger charge is 2.49. The van der Waals surface area contributed by atoms with Gasteiger partial charge in [0.25, 0.3) is 0 Å². The van der Waals surface area contributed by atoms with Gasteiger partial charge in [0.2, 0.25) is 5.88 Å². The molecular weight excluding hydrogens is 573 g/mol. The van der Waals surface area contributed by atoms with Gasteiger partial charge in [-0.2, -0.15) is 23.5 Å². The molecule has 0 spiro atoms. The molecule has 0 amide bonds. The highest BCUT2D eigenvalue weighted by molar-refractivity contribution is 5.90. The lowest BCUT2D eigenvalue weighted by atomic mass is 9.69. The normalized spacial score (nSPS) is 21.3. The van der Waals surface area contributed by atoms with Gasteiger partial charge in [0, 0.05) is 67.5 Å². The number of aromatic nitrogens is 8. The molecule has 11 nitrogen and oxygen atoms in total. The van der Waals surface area contributed by atoms with Crippen molar-refractivity contribution in [1.29, 1.82) is 5.26 Å². The van der Waals surface area contributed by atoms with Crippen LogP contribution in [0.25, 0.3) is 22.3 Å². The summed E-state index contributed by atoms with van der Waals surface area (Å²) in [6.45, 7) is 1.73. The molecule has 5 aromatic heterocycles. The van der Waals surface area contributed by atoms with Crippen LogP contribution >= 0.6 is 0 Å². The van der Waals surface area contributed by atoms with Crippen molar-refractivity contribution in [1.82, 2.24) is 44.2 Å². The van der Waals surface area contributed by atoms with Gasteiger partial charge in [-0.15, -0.1) is 0 Å². The molecule has 14 heteroatoms. The van der Waals surface area contributed by atoms with Crippen LogP contribution < -0.4 is 4.74 Å². The van der Waals surface area contributed by atoms with E-state index in [-0.39, 0.29) is 24.6 Å². The second kappa shape index (κ2) is 11.1. The maximum atomic E-state index is 13.6. The monoisotopic (exact) mass is 602 g/mol. The largest absolute Gasteiger partial charge is 0.474 e. The third kappa shape index (κ3) is 5.39. The lowest BCUT2D eigenvalue weighted by Gasteiger charge is -2.52. The summed E-state index contributed by atoms with van der Waals surface area (Å²) in [7, 11) is 0. The first-order valence-electron chi connectivity index (χ1n) is 14.4. The zero-order chi connectivity index (χ0) is 30.3. The lowest BCUT2D eigenvalue weighted by Crippen LogP contribution is -2.58. The molecule has 0 bridgehead atoms. The molecule has 1 saturated heterocycles. The summed E-state index contributed by atoms with van der Waals surface area (Å²) >= 11 is 0. The number of ether oxygens (including phenoxy) is 1. The van der Waals surface area contributed by atoms with Gasteiger partial charge >= 0.3 is 6.18 Å². The number of fused-ring (bicyclic) bond motifs is 1. The number of pyridine rings is 1. The van der Waals surface area contributed by atoms with E-state index in [2.05, 4.69) is 41.0 Å². The van der Waals surface area contributed by atoms with Crippen molar-refractivity contribution in [2.45, 2.75) is 62.5 Å². The molecule has 1 aliphatic carbocycles. The van der Waals surface area contributed by atoms with Crippen molar-refractivity contribution >= 4 is 11.0 Å². The Morgan fingerprint density at radius 1 is 1.16 bits per heavy atom. The van der Waals surface area contributed by atoms with Crippen LogP contribution in [0, 0.1) is 11.3 Å². The van der Waals surface area contributed by atoms with E-state index < -0.39 is 17.4 Å². The number of alkyl halides is 3. The number of hydrogen-bond acceptors (Lipinski definition) is 8. The van der Waals surface area contributed by atoms with Crippen molar-refractivity contribution in [2.75, 3.05) is 13.1 Å². The summed E-state index contributed by atoms with van der Waals surface area (Å²) < 4.78 is 50.4. The van der Waals surface area contributed by atoms with Crippen molar-refractivity contribution in [3.8, 4) is 23.2 Å². The zero-order valence-corrected chi connectivity index (χ0v) is 23.7. The molecule has 2 aliphatic rings. The minimum absolute atomic E-state index is 0.0137. The van der Waals surface area contributed by atoms with Crippen molar-refractivity contribution in [3.63, 3.8) is 0 Å². The predicted molar refractivity (Wildman–Crippen MR) is 152 cm³/mol. The van der Waals surface area contributed by atoms with Crippen LogP contribution in [-0.2, 0) is 18.3 Å². The van der Waals surface area contributed by atoms with Crippen LogP contribution in [0.15, 0.2) is 61.8 Å². The molecule has 0 aromatic carbocycles. The standard InChI is InChI=1S/C30H29F3N10O/c31-30(32,33)25-11-20(16-41-10-7-35-19-41)12-26(40-25)44-23-2-8-42(9-3-23)22-13-29(14-22,4-5-34)43-17-21(15-39-43)27-24-1-6-36-28(24)38-18-37-27/h1,6-7,10-12,15,17-19,22-23H,2-4,8-9,13-14,16H2,(H,36,37,38)/t22-,29-. The molecule has 7 rings (SSSR count). The van der Waals surface area contributed by atoms with E-state index >= 15 is 0 Å². The lowest BCUT2D eigenvalue weighted by molar-refractivity contribution is -0.141. The van der Waals surface area contributed by atoms with E-state index in [4.69, 9.17) is 4.74 Å². The van der Waals surface area contributed by atoms with Crippen LogP contribution in [0.2, 0.25) is 0 Å². The van der Waals surface area contributed by atoms with E-state index in [1.807, 2.05) is 23.1 Å². The SMILES string of the molecule is N#CC[C@]1(n2cc(-c3ncnc4[nH]ccc34)cn2)C[C@H](N2CCC(Oc3cc(Cn4ccnc4)cc(C(F)(F)F)n3)CC2)C1. The fraction of sp³-hybridized carbons (Fsp3) is 0.400. The van der Waals surface area contributed by atoms with E-state index in [1.165, 1.54) is 6.33 Å². The fourth-order valence-corrected chi connectivity index (χ4v) is 6.42. The quantitative estimate of drug-likeness (QED) is 0.269. The first-order chi connectivity index (χ1) is 21.3. The number of hydrogen-bond donors (Lipinski definition) is 1. The van der Waals surface area contributed by atoms with Crippen LogP contribution in [-0.4, -0.2) is 69.4 Å². The highest BCUT2D eigenvalue weighted by Crippen LogP contribution is 2.45. The molecule has 226 valence electrons. The summed E-state index contributed by atoms with van der Waals surface area (Å²) in [6.07, 6.45) is 10.4. The smallest absolute Gasteiger partial charge is 0.433 e. The average molecular weight is 603 g/mol. The van der Waals surface area contributed by atoms with E-state index in [0.29, 0.717) is 24.8 Å². The Bertz CT molecular complexity index is 1790. The number of rotatable bonds is 8. The molecule has 1 saturated carbocycles. The maximum absolute atomic E-state index is 13.6. The molecule has 1 N–H and O–H groups in total. The van der Waals surface area contributed by atoms with Gasteiger partial charge in [-0.05, 0) is 43.4 Å². The van der Waals surface area contributed by atoms with Crippen molar-refractivity contribution in [2.24, 2.45) is 0 Å². The molecule has 0 atom stereocenters. The summed E-state index contributed by atoms with van der Waals surface area (Å²) in [6, 6.07) is 7.19. The Labute approximate surface area is 250 Å². The van der Waals surface area contributed by atoms with Gasteiger partial charge in [-0.1, -0.05) is 0 Å². The van der Waals surface area contributed by atoms with Gasteiger partial charge in [-0.25, -0.2) is 19.9 Å². The third-order valence-electron chi connectivity index (χ3n) is 8.69. The summed E-state index contributed by atoms with van der Waals surface area (Å²) in [4.78, 5) is 22.0. The number of H-pyrrole nitrogens is 1. The van der Waals surface area contributed by atoms with Crippen LogP contribution in [0.3, 0.4) is 0 Å². The number of halogens is 3. The summed E-state index contributed by atoms with van der Waals surface area (Å²) in [5, 5.41) is 15.2. The Hall–Kier alpha value is -4.77. The van der Waals surface area contributed by atoms with Gasteiger partial charge in [0.15, 0.2) is 0 Å². The van der Waals surface area contributed by atoms with Crippen molar-refractivity contribution < 1.29 is 17.9 Å². The first kappa shape index (κ1) is 28.0. The Balaban J connectivity index is 0.994. The van der Waals surface area contributed by atoms with Gasteiger partial charge < -0.3 is 14.3 Å². The average Bonchev–Trinajstić information content (AvgIpc) is 3.77. The topological polar surface area (TPSA) is 126 Å². The number of likely N-dealkylation sites (tertiary alicyclic amines) is 1. The van der Waals surface area contributed by atoms with Crippen LogP contribution in [0.4, 0.5) is 13.2 Å². The van der Waals surface area contributed by atoms with Gasteiger partial charge in [0.1, 0.15) is 23.8 Å². The molecule has 0 radical (unpaired) electrons. The third-order valence-corrected chi connectivity index (χ3v) is 8.69. The van der Waals surface area contributed by atoms with Crippen LogP contribution in [0.5, 0.6) is 5.88 Å². The maximum Gasteiger partial charge on any atom is 0.433 e. The summed E-state index contributed by atoms with van der Waals surface area (Å²) in [5.41, 5.74) is 1.49. The Kier molecular flexibility index (Phi) is 7.04. The second-order valence-corrected chi connectivity index (χ2v) is 11.5. The Morgan fingerprint density at radius 2 is 2.00 bits per heavy atom. The van der Waals surface area contributed by atoms with Gasteiger partial charge in [-0.3, -0.25) is 9.58 Å². The fourth-order valence-electron chi connectivity index (χ4n) is 6.42. The molecule has 2 fully saturated rings. The molecular formula is C30H29F3N10O. The molecule has 44 heavy (non-hydrogen) atoms.